The molecule has 0 radical (unpaired) electrons. The van der Waals surface area contributed by atoms with E-state index in [-0.39, 0.29) is 29.1 Å². The van der Waals surface area contributed by atoms with Crippen LogP contribution in [0.25, 0.3) is 0 Å². The fourth-order valence-corrected chi connectivity index (χ4v) is 3.13. The fraction of sp³-hybridized carbons (Fsp3) is 0.500. The van der Waals surface area contributed by atoms with E-state index in [9.17, 15) is 8.42 Å². The lowest BCUT2D eigenvalue weighted by atomic mass is 9.90. The Morgan fingerprint density at radius 2 is 2.05 bits per heavy atom. The Labute approximate surface area is 118 Å². The normalized spacial score (nSPS) is 12.6. The average molecular weight is 307 g/mol. The Balaban J connectivity index is 2.90. The van der Waals surface area contributed by atoms with Crippen LogP contribution in [0.4, 0.5) is 5.69 Å². The van der Waals surface area contributed by atoms with Crippen molar-refractivity contribution in [2.24, 2.45) is 5.41 Å². The molecule has 0 aliphatic rings. The highest BCUT2D eigenvalue weighted by atomic mass is 35.5. The first-order valence-electron chi connectivity index (χ1n) is 5.83. The molecular weight excluding hydrogens is 288 g/mol. The summed E-state index contributed by atoms with van der Waals surface area (Å²) in [5.41, 5.74) is 5.47. The first-order valence-corrected chi connectivity index (χ1v) is 7.70. The van der Waals surface area contributed by atoms with Crippen molar-refractivity contribution in [3.8, 4) is 0 Å². The Hall–Kier alpha value is -0.820. The van der Waals surface area contributed by atoms with E-state index in [0.717, 1.165) is 0 Å². The highest BCUT2D eigenvalue weighted by Gasteiger charge is 2.23. The smallest absolute Gasteiger partial charge is 0.242 e. The zero-order valence-corrected chi connectivity index (χ0v) is 12.6. The molecule has 0 aromatic heterocycles. The summed E-state index contributed by atoms with van der Waals surface area (Å²) in [5.74, 6) is 0. The molecule has 1 rings (SSSR count). The molecule has 0 aliphatic carbocycles. The second-order valence-corrected chi connectivity index (χ2v) is 7.32. The Kier molecular flexibility index (Phi) is 5.20. The second kappa shape index (κ2) is 6.09. The average Bonchev–Trinajstić information content (AvgIpc) is 2.30. The van der Waals surface area contributed by atoms with Crippen molar-refractivity contribution in [1.82, 2.24) is 4.72 Å². The van der Waals surface area contributed by atoms with Gasteiger partial charge in [-0.25, -0.2) is 13.1 Å². The first kappa shape index (κ1) is 16.2. The van der Waals surface area contributed by atoms with Gasteiger partial charge in [0, 0.05) is 18.2 Å². The lowest BCUT2D eigenvalue weighted by Gasteiger charge is -2.24. The van der Waals surface area contributed by atoms with E-state index in [0.29, 0.717) is 11.4 Å². The van der Waals surface area contributed by atoms with Crippen LogP contribution < -0.4 is 10.5 Å². The maximum Gasteiger partial charge on any atom is 0.242 e. The highest BCUT2D eigenvalue weighted by Crippen LogP contribution is 2.24. The molecule has 7 heteroatoms. The molecule has 0 bridgehead atoms. The summed E-state index contributed by atoms with van der Waals surface area (Å²) in [6.07, 6.45) is 0.501. The number of benzene rings is 1. The largest absolute Gasteiger partial charge is 0.398 e. The minimum absolute atomic E-state index is 0.00797. The minimum atomic E-state index is -3.71. The minimum Gasteiger partial charge on any atom is -0.398 e. The van der Waals surface area contributed by atoms with Gasteiger partial charge in [0.2, 0.25) is 10.0 Å². The summed E-state index contributed by atoms with van der Waals surface area (Å²) in [5, 5.41) is 9.22. The van der Waals surface area contributed by atoms with Crippen LogP contribution in [0, 0.1) is 5.41 Å². The molecule has 19 heavy (non-hydrogen) atoms. The molecule has 0 fully saturated rings. The van der Waals surface area contributed by atoms with Gasteiger partial charge in [0.1, 0.15) is 4.90 Å². The van der Waals surface area contributed by atoms with E-state index in [1.807, 2.05) is 13.8 Å². The third-order valence-electron chi connectivity index (χ3n) is 2.79. The standard InChI is InChI=1S/C12H19ClN2O3S/c1-12(2,5-6-16)8-15-19(17,18)11-7-9(13)3-4-10(11)14/h3-4,7,15-16H,5-6,8,14H2,1-2H3. The van der Waals surface area contributed by atoms with E-state index in [1.165, 1.54) is 18.2 Å². The van der Waals surface area contributed by atoms with Gasteiger partial charge >= 0.3 is 0 Å². The van der Waals surface area contributed by atoms with Crippen LogP contribution in [-0.4, -0.2) is 26.7 Å². The van der Waals surface area contributed by atoms with Crippen molar-refractivity contribution in [3.05, 3.63) is 23.2 Å². The zero-order chi connectivity index (χ0) is 14.7. The van der Waals surface area contributed by atoms with Gasteiger partial charge in [-0.1, -0.05) is 25.4 Å². The van der Waals surface area contributed by atoms with Crippen LogP contribution in [0.2, 0.25) is 5.02 Å². The van der Waals surface area contributed by atoms with Gasteiger partial charge in [-0.05, 0) is 30.0 Å². The SMILES string of the molecule is CC(C)(CCO)CNS(=O)(=O)c1cc(Cl)ccc1N. The van der Waals surface area contributed by atoms with E-state index in [2.05, 4.69) is 4.72 Å². The fourth-order valence-electron chi connectivity index (χ4n) is 1.50. The van der Waals surface area contributed by atoms with Crippen molar-refractivity contribution in [2.45, 2.75) is 25.2 Å². The number of halogens is 1. The predicted octanol–water partition coefficient (Wildman–Crippen LogP) is 1.61. The predicted molar refractivity (Wildman–Crippen MR) is 76.5 cm³/mol. The van der Waals surface area contributed by atoms with Crippen molar-refractivity contribution in [3.63, 3.8) is 0 Å². The molecule has 0 saturated heterocycles. The molecule has 0 amide bonds. The topological polar surface area (TPSA) is 92.4 Å². The molecular formula is C12H19ClN2O3S. The summed E-state index contributed by atoms with van der Waals surface area (Å²) >= 11 is 5.78. The molecule has 5 nitrogen and oxygen atoms in total. The van der Waals surface area contributed by atoms with Gasteiger partial charge in [-0.2, -0.15) is 0 Å². The molecule has 1 aromatic rings. The van der Waals surface area contributed by atoms with E-state index < -0.39 is 10.0 Å². The van der Waals surface area contributed by atoms with Crippen molar-refractivity contribution in [1.29, 1.82) is 0 Å². The second-order valence-electron chi connectivity index (χ2n) is 5.14. The molecule has 0 spiro atoms. The summed E-state index contributed by atoms with van der Waals surface area (Å²) in [6, 6.07) is 4.31. The molecule has 1 aromatic carbocycles. The highest BCUT2D eigenvalue weighted by molar-refractivity contribution is 7.89. The van der Waals surface area contributed by atoms with Crippen molar-refractivity contribution in [2.75, 3.05) is 18.9 Å². The van der Waals surface area contributed by atoms with Gasteiger partial charge in [-0.15, -0.1) is 0 Å². The van der Waals surface area contributed by atoms with E-state index in [4.69, 9.17) is 22.4 Å². The number of aliphatic hydroxyl groups is 1. The number of hydrogen-bond acceptors (Lipinski definition) is 4. The maximum atomic E-state index is 12.1. The van der Waals surface area contributed by atoms with Gasteiger partial charge in [0.15, 0.2) is 0 Å². The molecule has 0 heterocycles. The number of sulfonamides is 1. The molecule has 4 N–H and O–H groups in total. The number of nitrogens with one attached hydrogen (secondary N) is 1. The van der Waals surface area contributed by atoms with Gasteiger partial charge in [-0.3, -0.25) is 0 Å². The zero-order valence-electron chi connectivity index (χ0n) is 11.0. The monoisotopic (exact) mass is 306 g/mol. The number of anilines is 1. The van der Waals surface area contributed by atoms with Crippen LogP contribution in [-0.2, 0) is 10.0 Å². The Morgan fingerprint density at radius 1 is 1.42 bits per heavy atom. The van der Waals surface area contributed by atoms with Crippen LogP contribution in [0.3, 0.4) is 0 Å². The number of aliphatic hydroxyl groups excluding tert-OH is 1. The maximum absolute atomic E-state index is 12.1. The summed E-state index contributed by atoms with van der Waals surface area (Å²) in [6.45, 7) is 3.95. The first-order chi connectivity index (χ1) is 8.68. The summed E-state index contributed by atoms with van der Waals surface area (Å²) < 4.78 is 26.8. The van der Waals surface area contributed by atoms with E-state index >= 15 is 0 Å². The lowest BCUT2D eigenvalue weighted by Crippen LogP contribution is -2.34. The van der Waals surface area contributed by atoms with Crippen molar-refractivity contribution >= 4 is 27.3 Å². The molecule has 0 unspecified atom stereocenters. The van der Waals surface area contributed by atoms with Crippen LogP contribution >= 0.6 is 11.6 Å². The third kappa shape index (κ3) is 4.65. The molecule has 0 atom stereocenters. The van der Waals surface area contributed by atoms with Crippen molar-refractivity contribution < 1.29 is 13.5 Å². The molecule has 0 aliphatic heterocycles. The number of nitrogens with two attached hydrogens (primary N) is 1. The van der Waals surface area contributed by atoms with Crippen LogP contribution in [0.1, 0.15) is 20.3 Å². The van der Waals surface area contributed by atoms with Gasteiger partial charge in [0.05, 0.1) is 5.69 Å². The van der Waals surface area contributed by atoms with Crippen LogP contribution in [0.15, 0.2) is 23.1 Å². The molecule has 0 saturated carbocycles. The number of rotatable bonds is 6. The Bertz CT molecular complexity index is 544. The number of nitrogen functional groups attached to an aromatic ring is 1. The van der Waals surface area contributed by atoms with Gasteiger partial charge in [0.25, 0.3) is 0 Å². The third-order valence-corrected chi connectivity index (χ3v) is 4.49. The Morgan fingerprint density at radius 3 is 2.63 bits per heavy atom. The summed E-state index contributed by atoms with van der Waals surface area (Å²) in [4.78, 5) is -0.0280. The number of hydrogen-bond donors (Lipinski definition) is 3. The quantitative estimate of drug-likeness (QED) is 0.696. The van der Waals surface area contributed by atoms with Gasteiger partial charge < -0.3 is 10.8 Å². The molecule has 108 valence electrons. The lowest BCUT2D eigenvalue weighted by molar-refractivity contribution is 0.213. The van der Waals surface area contributed by atoms with Crippen LogP contribution in [0.5, 0.6) is 0 Å². The van der Waals surface area contributed by atoms with E-state index in [1.54, 1.807) is 0 Å². The summed E-state index contributed by atoms with van der Waals surface area (Å²) in [7, 11) is -3.71.